The van der Waals surface area contributed by atoms with Crippen LogP contribution in [0.4, 0.5) is 11.4 Å². The molecule has 0 spiro atoms. The summed E-state index contributed by atoms with van der Waals surface area (Å²) < 4.78 is 0. The molecule has 2 aliphatic heterocycles. The van der Waals surface area contributed by atoms with Crippen LogP contribution in [-0.4, -0.2) is 79.9 Å². The Morgan fingerprint density at radius 3 is 2.08 bits per heavy atom. The molecule has 190 valence electrons. The Balaban J connectivity index is 1.33. The zero-order valence-electron chi connectivity index (χ0n) is 20.7. The number of nitrogens with one attached hydrogen (secondary N) is 2. The highest BCUT2D eigenvalue weighted by atomic mass is 16.2. The van der Waals surface area contributed by atoms with E-state index in [9.17, 15) is 14.4 Å². The Bertz CT molecular complexity index is 1090. The highest BCUT2D eigenvalue weighted by Crippen LogP contribution is 2.32. The van der Waals surface area contributed by atoms with Crippen molar-refractivity contribution in [1.82, 2.24) is 15.1 Å². The maximum atomic E-state index is 13.2. The van der Waals surface area contributed by atoms with Gasteiger partial charge in [-0.2, -0.15) is 0 Å². The highest BCUT2D eigenvalue weighted by Gasteiger charge is 2.28. The van der Waals surface area contributed by atoms with E-state index < -0.39 is 0 Å². The van der Waals surface area contributed by atoms with Crippen molar-refractivity contribution >= 4 is 29.1 Å². The topological polar surface area (TPSA) is 85.0 Å². The molecule has 0 atom stereocenters. The van der Waals surface area contributed by atoms with E-state index in [2.05, 4.69) is 15.5 Å². The molecule has 2 aromatic carbocycles. The molecule has 3 fully saturated rings. The first-order valence-electron chi connectivity index (χ1n) is 13.1. The number of piperazine rings is 2. The summed E-state index contributed by atoms with van der Waals surface area (Å²) in [4.78, 5) is 45.0. The van der Waals surface area contributed by atoms with Crippen LogP contribution in [0.15, 0.2) is 48.5 Å². The Morgan fingerprint density at radius 2 is 1.39 bits per heavy atom. The molecule has 2 N–H and O–H groups in total. The van der Waals surface area contributed by atoms with Crippen molar-refractivity contribution in [2.45, 2.75) is 25.7 Å². The normalized spacial score (nSPS) is 18.8. The van der Waals surface area contributed by atoms with Gasteiger partial charge in [0.25, 0.3) is 11.8 Å². The Labute approximate surface area is 212 Å². The molecule has 8 nitrogen and oxygen atoms in total. The SMILES string of the molecule is O=C(Nc1cc(C(=O)N2CCNCC2)ccc1N1CCN(C(=O)c2ccccc2)CC1)C1CCCC1. The zero-order chi connectivity index (χ0) is 24.9. The molecule has 1 saturated carbocycles. The minimum atomic E-state index is -0.00214. The van der Waals surface area contributed by atoms with Gasteiger partial charge in [-0.1, -0.05) is 31.0 Å². The molecule has 2 heterocycles. The lowest BCUT2D eigenvalue weighted by molar-refractivity contribution is -0.119. The van der Waals surface area contributed by atoms with E-state index in [1.807, 2.05) is 58.3 Å². The largest absolute Gasteiger partial charge is 0.366 e. The molecule has 0 unspecified atom stereocenters. The van der Waals surface area contributed by atoms with Crippen molar-refractivity contribution in [3.63, 3.8) is 0 Å². The van der Waals surface area contributed by atoms with Crippen molar-refractivity contribution in [2.24, 2.45) is 5.92 Å². The van der Waals surface area contributed by atoms with Gasteiger partial charge in [-0.3, -0.25) is 14.4 Å². The Kier molecular flexibility index (Phi) is 7.51. The van der Waals surface area contributed by atoms with E-state index in [4.69, 9.17) is 0 Å². The van der Waals surface area contributed by atoms with Crippen molar-refractivity contribution in [1.29, 1.82) is 0 Å². The summed E-state index contributed by atoms with van der Waals surface area (Å²) in [6, 6.07) is 15.0. The van der Waals surface area contributed by atoms with Gasteiger partial charge in [-0.15, -0.1) is 0 Å². The molecule has 2 saturated heterocycles. The lowest BCUT2D eigenvalue weighted by Crippen LogP contribution is -2.49. The number of amides is 3. The van der Waals surface area contributed by atoms with Crippen LogP contribution >= 0.6 is 0 Å². The first-order valence-corrected chi connectivity index (χ1v) is 13.1. The summed E-state index contributed by atoms with van der Waals surface area (Å²) in [5, 5.41) is 6.44. The first kappa shape index (κ1) is 24.3. The Morgan fingerprint density at radius 1 is 0.750 bits per heavy atom. The quantitative estimate of drug-likeness (QED) is 0.675. The number of benzene rings is 2. The molecule has 0 aromatic heterocycles. The fraction of sp³-hybridized carbons (Fsp3) is 0.464. The summed E-state index contributed by atoms with van der Waals surface area (Å²) in [7, 11) is 0. The molecule has 0 radical (unpaired) electrons. The lowest BCUT2D eigenvalue weighted by atomic mass is 10.1. The fourth-order valence-corrected chi connectivity index (χ4v) is 5.43. The van der Waals surface area contributed by atoms with Crippen LogP contribution in [0.5, 0.6) is 0 Å². The second-order valence-electron chi connectivity index (χ2n) is 9.89. The van der Waals surface area contributed by atoms with E-state index >= 15 is 0 Å². The summed E-state index contributed by atoms with van der Waals surface area (Å²) >= 11 is 0. The first-order chi connectivity index (χ1) is 17.6. The second kappa shape index (κ2) is 11.1. The number of carbonyl (C=O) groups excluding carboxylic acids is 3. The van der Waals surface area contributed by atoms with Gasteiger partial charge in [-0.05, 0) is 43.2 Å². The van der Waals surface area contributed by atoms with Gasteiger partial charge in [0.1, 0.15) is 0 Å². The highest BCUT2D eigenvalue weighted by molar-refractivity contribution is 6.01. The predicted octanol–water partition coefficient (Wildman–Crippen LogP) is 2.82. The minimum absolute atomic E-state index is 0.00214. The van der Waals surface area contributed by atoms with E-state index in [1.165, 1.54) is 0 Å². The van der Waals surface area contributed by atoms with Crippen molar-refractivity contribution in [2.75, 3.05) is 62.6 Å². The van der Waals surface area contributed by atoms with E-state index in [0.29, 0.717) is 56.1 Å². The van der Waals surface area contributed by atoms with Crippen LogP contribution in [0.2, 0.25) is 0 Å². The van der Waals surface area contributed by atoms with Crippen LogP contribution in [0.25, 0.3) is 0 Å². The van der Waals surface area contributed by atoms with E-state index in [0.717, 1.165) is 44.5 Å². The van der Waals surface area contributed by atoms with Crippen LogP contribution in [0.1, 0.15) is 46.4 Å². The van der Waals surface area contributed by atoms with Gasteiger partial charge in [-0.25, -0.2) is 0 Å². The smallest absolute Gasteiger partial charge is 0.254 e. The summed E-state index contributed by atoms with van der Waals surface area (Å²) in [6.45, 7) is 5.48. The van der Waals surface area contributed by atoms with Gasteiger partial charge in [0.05, 0.1) is 11.4 Å². The zero-order valence-corrected chi connectivity index (χ0v) is 20.7. The average molecular weight is 490 g/mol. The fourth-order valence-electron chi connectivity index (χ4n) is 5.43. The molecule has 3 amide bonds. The average Bonchev–Trinajstić information content (AvgIpc) is 3.49. The lowest BCUT2D eigenvalue weighted by Gasteiger charge is -2.37. The number of hydrogen-bond acceptors (Lipinski definition) is 5. The summed E-state index contributed by atoms with van der Waals surface area (Å²) in [5.41, 5.74) is 2.90. The van der Waals surface area contributed by atoms with Crippen LogP contribution in [0, 0.1) is 5.92 Å². The third-order valence-electron chi connectivity index (χ3n) is 7.56. The number of rotatable bonds is 5. The van der Waals surface area contributed by atoms with Gasteiger partial charge < -0.3 is 25.3 Å². The summed E-state index contributed by atoms with van der Waals surface area (Å²) in [5.74, 6) is 0.115. The Hall–Kier alpha value is -3.39. The van der Waals surface area contributed by atoms with Gasteiger partial charge in [0.2, 0.25) is 5.91 Å². The van der Waals surface area contributed by atoms with Gasteiger partial charge in [0.15, 0.2) is 0 Å². The third kappa shape index (κ3) is 5.38. The molecular formula is C28H35N5O3. The maximum absolute atomic E-state index is 13.2. The van der Waals surface area contributed by atoms with Gasteiger partial charge >= 0.3 is 0 Å². The number of carbonyl (C=O) groups is 3. The van der Waals surface area contributed by atoms with Crippen molar-refractivity contribution in [3.05, 3.63) is 59.7 Å². The van der Waals surface area contributed by atoms with E-state index in [1.54, 1.807) is 0 Å². The monoisotopic (exact) mass is 489 g/mol. The van der Waals surface area contributed by atoms with Crippen LogP contribution in [-0.2, 0) is 4.79 Å². The molecule has 2 aromatic rings. The second-order valence-corrected chi connectivity index (χ2v) is 9.89. The molecule has 1 aliphatic carbocycles. The van der Waals surface area contributed by atoms with E-state index in [-0.39, 0.29) is 23.6 Å². The number of anilines is 2. The van der Waals surface area contributed by atoms with Crippen molar-refractivity contribution in [3.8, 4) is 0 Å². The maximum Gasteiger partial charge on any atom is 0.254 e. The minimum Gasteiger partial charge on any atom is -0.366 e. The molecule has 3 aliphatic rings. The predicted molar refractivity (Wildman–Crippen MR) is 140 cm³/mol. The molecule has 36 heavy (non-hydrogen) atoms. The molecule has 5 rings (SSSR count). The van der Waals surface area contributed by atoms with Crippen molar-refractivity contribution < 1.29 is 14.4 Å². The molecule has 0 bridgehead atoms. The van der Waals surface area contributed by atoms with Crippen LogP contribution in [0.3, 0.4) is 0 Å². The number of hydrogen-bond donors (Lipinski definition) is 2. The summed E-state index contributed by atoms with van der Waals surface area (Å²) in [6.07, 6.45) is 4.01. The van der Waals surface area contributed by atoms with Crippen LogP contribution < -0.4 is 15.5 Å². The molecular weight excluding hydrogens is 454 g/mol. The third-order valence-corrected chi connectivity index (χ3v) is 7.56. The van der Waals surface area contributed by atoms with Gasteiger partial charge in [0, 0.05) is 69.4 Å². The molecule has 8 heteroatoms. The standard InChI is InChI=1S/C28H35N5O3/c34-26(21-6-4-5-7-21)30-24-20-23(28(36)32-14-12-29-13-15-32)10-11-25(24)31-16-18-33(19-17-31)27(35)22-8-2-1-3-9-22/h1-3,8-11,20-21,29H,4-7,12-19H2,(H,30,34). The number of nitrogens with zero attached hydrogens (tertiary/aromatic N) is 3.